The van der Waals surface area contributed by atoms with Crippen molar-refractivity contribution >= 4 is 16.6 Å². The van der Waals surface area contributed by atoms with E-state index in [9.17, 15) is 4.79 Å². The molecule has 0 bridgehead atoms. The van der Waals surface area contributed by atoms with E-state index >= 15 is 0 Å². The fourth-order valence-corrected chi connectivity index (χ4v) is 2.07. The topological polar surface area (TPSA) is 63.0 Å². The van der Waals surface area contributed by atoms with Crippen LogP contribution in [0.2, 0.25) is 0 Å². The largest absolute Gasteiger partial charge is 0.348 e. The van der Waals surface area contributed by atoms with Crippen molar-refractivity contribution in [1.29, 1.82) is 0 Å². The Morgan fingerprint density at radius 2 is 2.17 bits per heavy atom. The van der Waals surface area contributed by atoms with Crippen LogP contribution in [0.3, 0.4) is 0 Å². The molecule has 0 radical (unpaired) electrons. The highest BCUT2D eigenvalue weighted by atomic mass is 16.1. The van der Waals surface area contributed by atoms with Crippen molar-refractivity contribution in [3.05, 3.63) is 40.6 Å². The molecule has 0 aliphatic heterocycles. The van der Waals surface area contributed by atoms with Crippen molar-refractivity contribution in [3.63, 3.8) is 0 Å². The number of nitrogens with zero attached hydrogens (tertiary/aromatic N) is 3. The third-order valence-electron chi connectivity index (χ3n) is 3.01. The van der Waals surface area contributed by atoms with E-state index in [1.165, 1.54) is 4.52 Å². The number of para-hydroxylation sites is 1. The van der Waals surface area contributed by atoms with Gasteiger partial charge in [0.15, 0.2) is 11.5 Å². The average molecular weight is 242 g/mol. The molecule has 92 valence electrons. The molecular weight excluding hydrogens is 228 g/mol. The van der Waals surface area contributed by atoms with Crippen molar-refractivity contribution in [1.82, 2.24) is 19.6 Å². The van der Waals surface area contributed by atoms with Crippen LogP contribution in [-0.2, 0) is 6.42 Å². The summed E-state index contributed by atoms with van der Waals surface area (Å²) in [6.07, 6.45) is 2.94. The number of fused-ring (bicyclic) bond motifs is 3. The molecule has 1 N–H and O–H groups in total. The summed E-state index contributed by atoms with van der Waals surface area (Å²) in [5.74, 6) is 0.735. The number of aromatic nitrogens is 4. The van der Waals surface area contributed by atoms with Crippen molar-refractivity contribution in [2.45, 2.75) is 26.2 Å². The van der Waals surface area contributed by atoms with Gasteiger partial charge in [0.05, 0.1) is 5.52 Å². The first kappa shape index (κ1) is 11.0. The lowest BCUT2D eigenvalue weighted by molar-refractivity contribution is 0.741. The van der Waals surface area contributed by atoms with Crippen LogP contribution in [0.5, 0.6) is 0 Å². The van der Waals surface area contributed by atoms with Gasteiger partial charge in [0.25, 0.3) is 0 Å². The number of aryl methyl sites for hydroxylation is 1. The van der Waals surface area contributed by atoms with Crippen LogP contribution < -0.4 is 5.69 Å². The molecule has 0 fully saturated rings. The van der Waals surface area contributed by atoms with E-state index in [4.69, 9.17) is 0 Å². The van der Waals surface area contributed by atoms with Gasteiger partial charge in [-0.1, -0.05) is 25.5 Å². The van der Waals surface area contributed by atoms with Gasteiger partial charge in [0, 0.05) is 11.8 Å². The minimum atomic E-state index is -0.237. The lowest BCUT2D eigenvalue weighted by atomic mass is 10.2. The second-order valence-corrected chi connectivity index (χ2v) is 4.34. The molecular formula is C13H14N4O. The first-order chi connectivity index (χ1) is 8.79. The van der Waals surface area contributed by atoms with Gasteiger partial charge in [-0.15, -0.1) is 5.10 Å². The Morgan fingerprint density at radius 1 is 1.33 bits per heavy atom. The van der Waals surface area contributed by atoms with E-state index in [1.54, 1.807) is 0 Å². The number of benzene rings is 1. The van der Waals surface area contributed by atoms with Gasteiger partial charge in [-0.3, -0.25) is 0 Å². The van der Waals surface area contributed by atoms with Crippen LogP contribution in [-0.4, -0.2) is 19.6 Å². The molecule has 0 atom stereocenters. The summed E-state index contributed by atoms with van der Waals surface area (Å²) in [7, 11) is 0. The van der Waals surface area contributed by atoms with E-state index in [1.807, 2.05) is 24.3 Å². The van der Waals surface area contributed by atoms with E-state index in [2.05, 4.69) is 22.0 Å². The van der Waals surface area contributed by atoms with Gasteiger partial charge in [-0.2, -0.15) is 4.52 Å². The quantitative estimate of drug-likeness (QED) is 0.763. The molecule has 0 saturated heterocycles. The standard InChI is InChI=1S/C13H14N4O/c1-2-3-8-11-15-12-9-6-4-5-7-10(9)14-13(18)17(12)16-11/h4-7H,2-3,8H2,1H3,(H,14,18). The van der Waals surface area contributed by atoms with E-state index in [-0.39, 0.29) is 5.69 Å². The van der Waals surface area contributed by atoms with Gasteiger partial charge in [-0.05, 0) is 18.6 Å². The predicted octanol–water partition coefficient (Wildman–Crippen LogP) is 1.91. The molecule has 3 aromatic rings. The van der Waals surface area contributed by atoms with E-state index < -0.39 is 0 Å². The Bertz CT molecular complexity index is 756. The summed E-state index contributed by atoms with van der Waals surface area (Å²) < 4.78 is 1.35. The van der Waals surface area contributed by atoms with Gasteiger partial charge in [0.2, 0.25) is 0 Å². The molecule has 0 aliphatic rings. The Kier molecular flexibility index (Phi) is 2.59. The third kappa shape index (κ3) is 1.68. The van der Waals surface area contributed by atoms with Gasteiger partial charge in [0.1, 0.15) is 0 Å². The van der Waals surface area contributed by atoms with Crippen molar-refractivity contribution in [2.75, 3.05) is 0 Å². The molecule has 1 aromatic carbocycles. The van der Waals surface area contributed by atoms with Crippen LogP contribution in [0.1, 0.15) is 25.6 Å². The SMILES string of the molecule is CCCCc1nc2c3ccccc3[nH]c(=O)n2n1. The zero-order chi connectivity index (χ0) is 12.5. The zero-order valence-corrected chi connectivity index (χ0v) is 10.2. The zero-order valence-electron chi connectivity index (χ0n) is 10.2. The van der Waals surface area contributed by atoms with Crippen molar-refractivity contribution in [3.8, 4) is 0 Å². The minimum Gasteiger partial charge on any atom is -0.305 e. The highest BCUT2D eigenvalue weighted by molar-refractivity contribution is 5.90. The molecule has 18 heavy (non-hydrogen) atoms. The van der Waals surface area contributed by atoms with Gasteiger partial charge in [-0.25, -0.2) is 9.78 Å². The molecule has 3 rings (SSSR count). The normalized spacial score (nSPS) is 11.4. The Morgan fingerprint density at radius 3 is 3.00 bits per heavy atom. The van der Waals surface area contributed by atoms with Crippen molar-refractivity contribution in [2.24, 2.45) is 0 Å². The van der Waals surface area contributed by atoms with Gasteiger partial charge < -0.3 is 4.98 Å². The fourth-order valence-electron chi connectivity index (χ4n) is 2.07. The first-order valence-electron chi connectivity index (χ1n) is 6.16. The predicted molar refractivity (Wildman–Crippen MR) is 69.7 cm³/mol. The smallest absolute Gasteiger partial charge is 0.305 e. The second-order valence-electron chi connectivity index (χ2n) is 4.34. The summed E-state index contributed by atoms with van der Waals surface area (Å²) >= 11 is 0. The van der Waals surface area contributed by atoms with Crippen LogP contribution >= 0.6 is 0 Å². The molecule has 2 heterocycles. The summed E-state index contributed by atoms with van der Waals surface area (Å²) in [6.45, 7) is 2.12. The molecule has 5 nitrogen and oxygen atoms in total. The van der Waals surface area contributed by atoms with Crippen LogP contribution in [0.4, 0.5) is 0 Å². The monoisotopic (exact) mass is 242 g/mol. The summed E-state index contributed by atoms with van der Waals surface area (Å²) in [6, 6.07) is 7.64. The Balaban J connectivity index is 2.27. The third-order valence-corrected chi connectivity index (χ3v) is 3.01. The number of aromatic amines is 1. The summed E-state index contributed by atoms with van der Waals surface area (Å²) in [4.78, 5) is 19.2. The lowest BCUT2D eigenvalue weighted by Gasteiger charge is -1.97. The summed E-state index contributed by atoms with van der Waals surface area (Å²) in [5.41, 5.74) is 1.20. The van der Waals surface area contributed by atoms with E-state index in [0.717, 1.165) is 36.0 Å². The van der Waals surface area contributed by atoms with Crippen LogP contribution in [0, 0.1) is 0 Å². The Labute approximate surface area is 103 Å². The first-order valence-corrected chi connectivity index (χ1v) is 6.16. The van der Waals surface area contributed by atoms with E-state index in [0.29, 0.717) is 5.65 Å². The number of unbranched alkanes of at least 4 members (excludes halogenated alkanes) is 1. The number of hydrogen-bond acceptors (Lipinski definition) is 3. The molecule has 2 aromatic heterocycles. The lowest BCUT2D eigenvalue weighted by Crippen LogP contribution is -2.17. The van der Waals surface area contributed by atoms with Crippen LogP contribution in [0.25, 0.3) is 16.6 Å². The molecule has 0 aliphatic carbocycles. The fraction of sp³-hybridized carbons (Fsp3) is 0.308. The number of H-pyrrole nitrogens is 1. The van der Waals surface area contributed by atoms with Crippen LogP contribution in [0.15, 0.2) is 29.1 Å². The Hall–Kier alpha value is -2.17. The molecule has 5 heteroatoms. The molecule has 0 amide bonds. The maximum Gasteiger partial charge on any atom is 0.348 e. The maximum absolute atomic E-state index is 11.9. The average Bonchev–Trinajstić information content (AvgIpc) is 2.81. The van der Waals surface area contributed by atoms with Gasteiger partial charge >= 0.3 is 5.69 Å². The minimum absolute atomic E-state index is 0.237. The maximum atomic E-state index is 11.9. The molecule has 0 spiro atoms. The highest BCUT2D eigenvalue weighted by Crippen LogP contribution is 2.14. The molecule has 0 unspecified atom stereocenters. The highest BCUT2D eigenvalue weighted by Gasteiger charge is 2.09. The van der Waals surface area contributed by atoms with Crippen molar-refractivity contribution < 1.29 is 0 Å². The number of hydrogen-bond donors (Lipinski definition) is 1. The molecule has 0 saturated carbocycles. The number of nitrogens with one attached hydrogen (secondary N) is 1. The summed E-state index contributed by atoms with van der Waals surface area (Å²) in [5, 5.41) is 5.19. The second kappa shape index (κ2) is 4.25. The number of rotatable bonds is 3.